The second-order valence-corrected chi connectivity index (χ2v) is 5.70. The van der Waals surface area contributed by atoms with Crippen molar-refractivity contribution in [3.05, 3.63) is 48.3 Å². The molecular weight excluding hydrogens is 327 g/mol. The molecule has 0 atom stereocenters. The number of hydrogen-bond acceptors (Lipinski definition) is 4. The van der Waals surface area contributed by atoms with Gasteiger partial charge in [-0.3, -0.25) is 4.98 Å². The molecule has 3 aromatic rings. The van der Waals surface area contributed by atoms with Crippen LogP contribution in [0.5, 0.6) is 5.75 Å². The van der Waals surface area contributed by atoms with Crippen LogP contribution in [0.15, 0.2) is 47.8 Å². The summed E-state index contributed by atoms with van der Waals surface area (Å²) >= 11 is 1.42. The molecule has 3 rings (SSSR count). The van der Waals surface area contributed by atoms with E-state index in [4.69, 9.17) is 4.74 Å². The summed E-state index contributed by atoms with van der Waals surface area (Å²) in [6, 6.07) is 10.6. The van der Waals surface area contributed by atoms with E-state index < -0.39 is 12.8 Å². The van der Waals surface area contributed by atoms with Crippen molar-refractivity contribution in [2.24, 2.45) is 0 Å². The molecule has 0 saturated carbocycles. The molecular formula is C15H12F3N3OS. The molecule has 0 amide bonds. The van der Waals surface area contributed by atoms with E-state index in [1.54, 1.807) is 0 Å². The quantitative estimate of drug-likeness (QED) is 0.708. The van der Waals surface area contributed by atoms with Crippen molar-refractivity contribution in [3.63, 3.8) is 0 Å². The van der Waals surface area contributed by atoms with E-state index in [0.29, 0.717) is 11.4 Å². The van der Waals surface area contributed by atoms with Crippen LogP contribution in [0.25, 0.3) is 11.0 Å². The molecule has 0 fully saturated rings. The van der Waals surface area contributed by atoms with Crippen molar-refractivity contribution < 1.29 is 17.9 Å². The lowest BCUT2D eigenvalue weighted by atomic mass is 10.3. The molecule has 2 aromatic heterocycles. The maximum Gasteiger partial charge on any atom is 0.422 e. The van der Waals surface area contributed by atoms with Crippen LogP contribution in [-0.4, -0.2) is 27.7 Å². The number of hydrogen-bond donors (Lipinski definition) is 1. The summed E-state index contributed by atoms with van der Waals surface area (Å²) in [5.74, 6) is 0.626. The number of nitrogens with zero attached hydrogens (tertiary/aromatic N) is 2. The molecule has 0 bridgehead atoms. The summed E-state index contributed by atoms with van der Waals surface area (Å²) in [5, 5.41) is 0.731. The van der Waals surface area contributed by atoms with E-state index in [0.717, 1.165) is 16.2 Å². The van der Waals surface area contributed by atoms with Crippen LogP contribution in [0.4, 0.5) is 13.2 Å². The highest BCUT2D eigenvalue weighted by molar-refractivity contribution is 7.98. The molecule has 0 spiro atoms. The first-order chi connectivity index (χ1) is 11.0. The van der Waals surface area contributed by atoms with Gasteiger partial charge in [0.25, 0.3) is 0 Å². The number of halogens is 3. The third-order valence-electron chi connectivity index (χ3n) is 2.91. The topological polar surface area (TPSA) is 50.8 Å². The molecule has 2 heterocycles. The van der Waals surface area contributed by atoms with Gasteiger partial charge in [-0.1, -0.05) is 23.9 Å². The summed E-state index contributed by atoms with van der Waals surface area (Å²) in [5.41, 5.74) is 2.42. The minimum absolute atomic E-state index is 0.150. The third-order valence-corrected chi connectivity index (χ3v) is 3.82. The lowest BCUT2D eigenvalue weighted by molar-refractivity contribution is -0.153. The maximum atomic E-state index is 12.2. The van der Waals surface area contributed by atoms with Gasteiger partial charge in [0.05, 0.1) is 16.7 Å². The highest BCUT2D eigenvalue weighted by Crippen LogP contribution is 2.24. The zero-order chi connectivity index (χ0) is 16.3. The first-order valence-electron chi connectivity index (χ1n) is 6.72. The van der Waals surface area contributed by atoms with Gasteiger partial charge < -0.3 is 9.72 Å². The van der Waals surface area contributed by atoms with Crippen LogP contribution in [0.3, 0.4) is 0 Å². The maximum absolute atomic E-state index is 12.2. The van der Waals surface area contributed by atoms with E-state index in [9.17, 15) is 13.2 Å². The number of pyridine rings is 1. The number of para-hydroxylation sites is 2. The Morgan fingerprint density at radius 3 is 2.78 bits per heavy atom. The Bertz CT molecular complexity index is 771. The molecule has 4 nitrogen and oxygen atoms in total. The molecule has 0 saturated heterocycles. The number of nitrogens with one attached hydrogen (secondary N) is 1. The van der Waals surface area contributed by atoms with Gasteiger partial charge in [0, 0.05) is 18.0 Å². The largest absolute Gasteiger partial charge is 0.484 e. The Labute approximate surface area is 134 Å². The van der Waals surface area contributed by atoms with Gasteiger partial charge in [-0.15, -0.1) is 0 Å². The third kappa shape index (κ3) is 4.38. The lowest BCUT2D eigenvalue weighted by Gasteiger charge is -2.09. The number of ether oxygens (including phenoxy) is 1. The van der Waals surface area contributed by atoms with Crippen molar-refractivity contribution in [3.8, 4) is 5.75 Å². The fraction of sp³-hybridized carbons (Fsp3) is 0.200. The van der Waals surface area contributed by atoms with Crippen LogP contribution < -0.4 is 4.74 Å². The van der Waals surface area contributed by atoms with Crippen molar-refractivity contribution >= 4 is 22.8 Å². The van der Waals surface area contributed by atoms with Crippen LogP contribution in [-0.2, 0) is 5.75 Å². The number of imidazole rings is 1. The standard InChI is InChI=1S/C15H12F3N3OS/c16-15(17,18)9-22-11-5-6-19-10(7-11)8-23-14-20-12-3-1-2-4-13(12)21-14/h1-7H,8-9H2,(H,20,21). The van der Waals surface area contributed by atoms with Crippen LogP contribution in [0, 0.1) is 0 Å². The fourth-order valence-electron chi connectivity index (χ4n) is 1.93. The number of H-pyrrole nitrogens is 1. The summed E-state index contributed by atoms with van der Waals surface area (Å²) in [4.78, 5) is 11.7. The van der Waals surface area contributed by atoms with Crippen molar-refractivity contribution in [2.75, 3.05) is 6.61 Å². The van der Waals surface area contributed by atoms with Gasteiger partial charge in [0.1, 0.15) is 5.75 Å². The number of alkyl halides is 3. The Hall–Kier alpha value is -2.22. The molecule has 0 aliphatic carbocycles. The SMILES string of the molecule is FC(F)(F)COc1ccnc(CSc2nc3ccccc3[nH]2)c1. The van der Waals surface area contributed by atoms with Crippen molar-refractivity contribution in [1.29, 1.82) is 0 Å². The lowest BCUT2D eigenvalue weighted by Crippen LogP contribution is -2.19. The number of benzene rings is 1. The Morgan fingerprint density at radius 1 is 1.17 bits per heavy atom. The van der Waals surface area contributed by atoms with Gasteiger partial charge in [0.15, 0.2) is 11.8 Å². The predicted molar refractivity (Wildman–Crippen MR) is 81.4 cm³/mol. The predicted octanol–water partition coefficient (Wildman–Crippen LogP) is 4.19. The van der Waals surface area contributed by atoms with E-state index in [1.165, 1.54) is 30.1 Å². The van der Waals surface area contributed by atoms with Crippen LogP contribution in [0.2, 0.25) is 0 Å². The summed E-state index contributed by atoms with van der Waals surface area (Å²) in [6.07, 6.45) is -2.92. The van der Waals surface area contributed by atoms with E-state index in [2.05, 4.69) is 15.0 Å². The number of aromatic amines is 1. The van der Waals surface area contributed by atoms with E-state index in [1.807, 2.05) is 24.3 Å². The zero-order valence-electron chi connectivity index (χ0n) is 11.8. The normalized spacial score (nSPS) is 11.8. The summed E-state index contributed by atoms with van der Waals surface area (Å²) < 4.78 is 41.2. The summed E-state index contributed by atoms with van der Waals surface area (Å²) in [7, 11) is 0. The fourth-order valence-corrected chi connectivity index (χ4v) is 2.72. The Morgan fingerprint density at radius 2 is 2.00 bits per heavy atom. The average Bonchev–Trinajstić information content (AvgIpc) is 2.94. The second kappa shape index (κ2) is 6.49. The molecule has 8 heteroatoms. The first kappa shape index (κ1) is 15.7. The first-order valence-corrected chi connectivity index (χ1v) is 7.70. The summed E-state index contributed by atoms with van der Waals surface area (Å²) in [6.45, 7) is -1.31. The molecule has 23 heavy (non-hydrogen) atoms. The molecule has 0 unspecified atom stereocenters. The highest BCUT2D eigenvalue weighted by Gasteiger charge is 2.28. The zero-order valence-corrected chi connectivity index (χ0v) is 12.6. The number of fused-ring (bicyclic) bond motifs is 1. The van der Waals surface area contributed by atoms with Crippen molar-refractivity contribution in [2.45, 2.75) is 17.1 Å². The minimum atomic E-state index is -4.35. The van der Waals surface area contributed by atoms with Gasteiger partial charge >= 0.3 is 6.18 Å². The number of rotatable bonds is 5. The molecule has 0 aliphatic rings. The van der Waals surface area contributed by atoms with Gasteiger partial charge in [0.2, 0.25) is 0 Å². The molecule has 1 aromatic carbocycles. The molecule has 0 radical (unpaired) electrons. The smallest absolute Gasteiger partial charge is 0.422 e. The van der Waals surface area contributed by atoms with Gasteiger partial charge in [-0.2, -0.15) is 13.2 Å². The van der Waals surface area contributed by atoms with E-state index in [-0.39, 0.29) is 5.75 Å². The van der Waals surface area contributed by atoms with Crippen LogP contribution >= 0.6 is 11.8 Å². The molecule has 0 aliphatic heterocycles. The Balaban J connectivity index is 1.63. The van der Waals surface area contributed by atoms with Gasteiger partial charge in [-0.25, -0.2) is 4.98 Å². The number of aromatic nitrogens is 3. The minimum Gasteiger partial charge on any atom is -0.484 e. The Kier molecular flexibility index (Phi) is 4.42. The van der Waals surface area contributed by atoms with Crippen molar-refractivity contribution in [1.82, 2.24) is 15.0 Å². The highest BCUT2D eigenvalue weighted by atomic mass is 32.2. The monoisotopic (exact) mass is 339 g/mol. The van der Waals surface area contributed by atoms with Gasteiger partial charge in [-0.05, 0) is 18.2 Å². The van der Waals surface area contributed by atoms with Crippen LogP contribution in [0.1, 0.15) is 5.69 Å². The molecule has 1 N–H and O–H groups in total. The number of thioether (sulfide) groups is 1. The molecule has 120 valence electrons. The second-order valence-electron chi connectivity index (χ2n) is 4.73. The van der Waals surface area contributed by atoms with E-state index >= 15 is 0 Å². The average molecular weight is 339 g/mol.